The quantitative estimate of drug-likeness (QED) is 0.784. The fourth-order valence-corrected chi connectivity index (χ4v) is 1.91. The highest BCUT2D eigenvalue weighted by Crippen LogP contribution is 2.24. The summed E-state index contributed by atoms with van der Waals surface area (Å²) >= 11 is 0. The van der Waals surface area contributed by atoms with Gasteiger partial charge >= 0.3 is 0 Å². The molecule has 0 fully saturated rings. The minimum Gasteiger partial charge on any atom is -0.493 e. The Balaban J connectivity index is 2.57. The van der Waals surface area contributed by atoms with Crippen LogP contribution in [0.2, 0.25) is 0 Å². The number of nitrogens with one attached hydrogen (secondary N) is 1. The van der Waals surface area contributed by atoms with Gasteiger partial charge in [-0.25, -0.2) is 0 Å². The number of benzene rings is 1. The third kappa shape index (κ3) is 2.66. The molecular weight excluding hydrogens is 242 g/mol. The molecule has 19 heavy (non-hydrogen) atoms. The first-order chi connectivity index (χ1) is 9.02. The van der Waals surface area contributed by atoms with Crippen LogP contribution in [0.5, 0.6) is 5.88 Å². The molecule has 0 aliphatic rings. The standard InChI is InChI=1S/C14H17N3O2/c1-3-10(15)12-16-13(18)11(14(19)17-12)9-6-4-5-8(2)7-9/h4-7,10H,3,15H2,1-2H3,(H2,16,17,18,19). The molecule has 0 spiro atoms. The maximum Gasteiger partial charge on any atom is 0.262 e. The SMILES string of the molecule is CCC(N)c1nc(O)c(-c2cccc(C)c2)c(=O)[nH]1. The van der Waals surface area contributed by atoms with Crippen molar-refractivity contribution in [2.45, 2.75) is 26.3 Å². The molecule has 1 aromatic heterocycles. The molecule has 0 aliphatic heterocycles. The molecule has 0 amide bonds. The summed E-state index contributed by atoms with van der Waals surface area (Å²) in [5.41, 5.74) is 7.25. The molecule has 1 unspecified atom stereocenters. The first kappa shape index (κ1) is 13.3. The van der Waals surface area contributed by atoms with Crippen molar-refractivity contribution in [3.63, 3.8) is 0 Å². The lowest BCUT2D eigenvalue weighted by atomic mass is 10.1. The van der Waals surface area contributed by atoms with Crippen molar-refractivity contribution in [3.8, 4) is 17.0 Å². The molecule has 0 aliphatic carbocycles. The Morgan fingerprint density at radius 1 is 1.47 bits per heavy atom. The first-order valence-electron chi connectivity index (χ1n) is 6.18. The molecule has 5 nitrogen and oxygen atoms in total. The molecule has 2 aromatic rings. The van der Waals surface area contributed by atoms with E-state index in [-0.39, 0.29) is 23.0 Å². The topological polar surface area (TPSA) is 92.0 Å². The first-order valence-corrected chi connectivity index (χ1v) is 6.18. The molecular formula is C14H17N3O2. The number of hydrogen-bond donors (Lipinski definition) is 3. The Hall–Kier alpha value is -2.14. The van der Waals surface area contributed by atoms with Gasteiger partial charge in [-0.3, -0.25) is 4.79 Å². The molecule has 100 valence electrons. The minimum absolute atomic E-state index is 0.177. The van der Waals surface area contributed by atoms with E-state index in [0.717, 1.165) is 5.56 Å². The Morgan fingerprint density at radius 3 is 2.79 bits per heavy atom. The zero-order chi connectivity index (χ0) is 14.0. The van der Waals surface area contributed by atoms with E-state index in [9.17, 15) is 9.90 Å². The molecule has 0 radical (unpaired) electrons. The van der Waals surface area contributed by atoms with E-state index in [1.165, 1.54) is 0 Å². The normalized spacial score (nSPS) is 12.4. The van der Waals surface area contributed by atoms with Gasteiger partial charge in [0.05, 0.1) is 6.04 Å². The van der Waals surface area contributed by atoms with Crippen molar-refractivity contribution in [2.75, 3.05) is 0 Å². The highest BCUT2D eigenvalue weighted by atomic mass is 16.3. The fraction of sp³-hybridized carbons (Fsp3) is 0.286. The van der Waals surface area contributed by atoms with E-state index < -0.39 is 0 Å². The molecule has 1 aromatic carbocycles. The summed E-state index contributed by atoms with van der Waals surface area (Å²) in [5.74, 6) is 0.0228. The van der Waals surface area contributed by atoms with Crippen LogP contribution in [0.3, 0.4) is 0 Å². The van der Waals surface area contributed by atoms with E-state index in [1.807, 2.05) is 32.0 Å². The summed E-state index contributed by atoms with van der Waals surface area (Å²) in [5, 5.41) is 9.97. The second-order valence-corrected chi connectivity index (χ2v) is 4.53. The lowest BCUT2D eigenvalue weighted by molar-refractivity contribution is 0.446. The third-order valence-corrected chi connectivity index (χ3v) is 3.02. The van der Waals surface area contributed by atoms with Crippen LogP contribution in [0.4, 0.5) is 0 Å². The van der Waals surface area contributed by atoms with Gasteiger partial charge in [0.25, 0.3) is 5.56 Å². The van der Waals surface area contributed by atoms with Crippen LogP contribution in [-0.4, -0.2) is 15.1 Å². The largest absolute Gasteiger partial charge is 0.493 e. The molecule has 0 saturated carbocycles. The zero-order valence-corrected chi connectivity index (χ0v) is 11.0. The number of aromatic nitrogens is 2. The van der Waals surface area contributed by atoms with Crippen molar-refractivity contribution in [1.29, 1.82) is 0 Å². The Bertz CT molecular complexity index is 649. The van der Waals surface area contributed by atoms with E-state index in [4.69, 9.17) is 5.73 Å². The van der Waals surface area contributed by atoms with Gasteiger partial charge in [0, 0.05) is 0 Å². The predicted octanol–water partition coefficient (Wildman–Crippen LogP) is 1.86. The molecule has 2 rings (SSSR count). The summed E-state index contributed by atoms with van der Waals surface area (Å²) in [6, 6.07) is 6.95. The van der Waals surface area contributed by atoms with E-state index in [1.54, 1.807) is 6.07 Å². The van der Waals surface area contributed by atoms with E-state index >= 15 is 0 Å². The van der Waals surface area contributed by atoms with Crippen molar-refractivity contribution in [2.24, 2.45) is 5.73 Å². The number of aromatic hydroxyl groups is 1. The van der Waals surface area contributed by atoms with Crippen molar-refractivity contribution in [3.05, 3.63) is 46.0 Å². The van der Waals surface area contributed by atoms with Gasteiger partial charge in [-0.2, -0.15) is 4.98 Å². The van der Waals surface area contributed by atoms with Gasteiger partial charge in [0.15, 0.2) is 0 Å². The van der Waals surface area contributed by atoms with Gasteiger partial charge in [-0.15, -0.1) is 0 Å². The van der Waals surface area contributed by atoms with Crippen LogP contribution in [0, 0.1) is 6.92 Å². The number of nitrogens with two attached hydrogens (primary N) is 1. The van der Waals surface area contributed by atoms with Gasteiger partial charge in [0.1, 0.15) is 11.4 Å². The molecule has 0 bridgehead atoms. The van der Waals surface area contributed by atoms with Crippen molar-refractivity contribution < 1.29 is 5.11 Å². The predicted molar refractivity (Wildman–Crippen MR) is 73.9 cm³/mol. The number of hydrogen-bond acceptors (Lipinski definition) is 4. The summed E-state index contributed by atoms with van der Waals surface area (Å²) in [7, 11) is 0. The van der Waals surface area contributed by atoms with Gasteiger partial charge in [-0.05, 0) is 18.9 Å². The molecule has 0 saturated heterocycles. The van der Waals surface area contributed by atoms with Crippen LogP contribution in [-0.2, 0) is 0 Å². The van der Waals surface area contributed by atoms with E-state index in [2.05, 4.69) is 9.97 Å². The van der Waals surface area contributed by atoms with Gasteiger partial charge in [0.2, 0.25) is 5.88 Å². The Labute approximate surface area is 111 Å². The molecule has 1 heterocycles. The summed E-state index contributed by atoms with van der Waals surface area (Å²) < 4.78 is 0. The minimum atomic E-state index is -0.384. The monoisotopic (exact) mass is 259 g/mol. The van der Waals surface area contributed by atoms with Gasteiger partial charge < -0.3 is 15.8 Å². The molecule has 4 N–H and O–H groups in total. The average Bonchev–Trinajstić information content (AvgIpc) is 2.37. The maximum atomic E-state index is 12.1. The lowest BCUT2D eigenvalue weighted by Gasteiger charge is -2.10. The number of aryl methyl sites for hydroxylation is 1. The van der Waals surface area contributed by atoms with Crippen LogP contribution in [0.25, 0.3) is 11.1 Å². The second-order valence-electron chi connectivity index (χ2n) is 4.53. The maximum absolute atomic E-state index is 12.1. The highest BCUT2D eigenvalue weighted by Gasteiger charge is 2.15. The summed E-state index contributed by atoms with van der Waals surface area (Å²) in [6.07, 6.45) is 0.631. The molecule has 5 heteroatoms. The number of H-pyrrole nitrogens is 1. The number of nitrogens with zero attached hydrogens (tertiary/aromatic N) is 1. The number of aromatic amines is 1. The van der Waals surface area contributed by atoms with Gasteiger partial charge in [-0.1, -0.05) is 36.8 Å². The van der Waals surface area contributed by atoms with Crippen molar-refractivity contribution >= 4 is 0 Å². The summed E-state index contributed by atoms with van der Waals surface area (Å²) in [6.45, 7) is 3.81. The Kier molecular flexibility index (Phi) is 3.66. The number of rotatable bonds is 3. The van der Waals surface area contributed by atoms with Crippen LogP contribution >= 0.6 is 0 Å². The van der Waals surface area contributed by atoms with E-state index in [0.29, 0.717) is 17.8 Å². The average molecular weight is 259 g/mol. The second kappa shape index (κ2) is 5.24. The lowest BCUT2D eigenvalue weighted by Crippen LogP contribution is -2.20. The summed E-state index contributed by atoms with van der Waals surface area (Å²) in [4.78, 5) is 18.7. The molecule has 1 atom stereocenters. The smallest absolute Gasteiger partial charge is 0.262 e. The zero-order valence-electron chi connectivity index (χ0n) is 11.0. The Morgan fingerprint density at radius 2 is 2.21 bits per heavy atom. The highest BCUT2D eigenvalue weighted by molar-refractivity contribution is 5.67. The fourth-order valence-electron chi connectivity index (χ4n) is 1.91. The van der Waals surface area contributed by atoms with Crippen LogP contribution < -0.4 is 11.3 Å². The third-order valence-electron chi connectivity index (χ3n) is 3.02. The van der Waals surface area contributed by atoms with Crippen molar-refractivity contribution in [1.82, 2.24) is 9.97 Å². The van der Waals surface area contributed by atoms with Crippen LogP contribution in [0.15, 0.2) is 29.1 Å². The van der Waals surface area contributed by atoms with Crippen LogP contribution in [0.1, 0.15) is 30.8 Å².